The summed E-state index contributed by atoms with van der Waals surface area (Å²) in [4.78, 5) is 4.61. The Kier molecular flexibility index (Phi) is 2.59. The van der Waals surface area contributed by atoms with Crippen LogP contribution in [-0.2, 0) is 6.54 Å². The minimum Gasteiger partial charge on any atom is -0.497 e. The lowest BCUT2D eigenvalue weighted by molar-refractivity contribution is 0.415. The molecule has 0 aliphatic heterocycles. The second-order valence-corrected chi connectivity index (χ2v) is 4.38. The highest BCUT2D eigenvalue weighted by atomic mass is 35.5. The smallest absolute Gasteiger partial charge is 0.159 e. The third-order valence-corrected chi connectivity index (χ3v) is 3.42. The van der Waals surface area contributed by atoms with E-state index in [2.05, 4.69) is 10.1 Å². The van der Waals surface area contributed by atoms with Gasteiger partial charge >= 0.3 is 0 Å². The van der Waals surface area contributed by atoms with Crippen LogP contribution in [0, 0.1) is 0 Å². The zero-order valence-corrected chi connectivity index (χ0v) is 10.9. The van der Waals surface area contributed by atoms with E-state index in [0.717, 1.165) is 34.2 Å². The Morgan fingerprint density at radius 1 is 1.33 bits per heavy atom. The van der Waals surface area contributed by atoms with Gasteiger partial charge in [-0.05, 0) is 25.1 Å². The Morgan fingerprint density at radius 2 is 2.17 bits per heavy atom. The fourth-order valence-corrected chi connectivity index (χ4v) is 2.34. The van der Waals surface area contributed by atoms with Gasteiger partial charge in [-0.15, -0.1) is 0 Å². The fraction of sp³-hybridized carbons (Fsp3) is 0.231. The largest absolute Gasteiger partial charge is 0.497 e. The predicted molar refractivity (Wildman–Crippen MR) is 72.3 cm³/mol. The molecule has 0 spiro atoms. The maximum Gasteiger partial charge on any atom is 0.159 e. The Hall–Kier alpha value is -1.81. The van der Waals surface area contributed by atoms with Crippen molar-refractivity contribution in [1.29, 1.82) is 0 Å². The number of nitrogens with zero attached hydrogens (tertiary/aromatic N) is 3. The van der Waals surface area contributed by atoms with Crippen molar-refractivity contribution in [2.24, 2.45) is 0 Å². The predicted octanol–water partition coefficient (Wildman–Crippen LogP) is 3.27. The maximum atomic E-state index is 6.42. The molecule has 0 amide bonds. The van der Waals surface area contributed by atoms with Gasteiger partial charge in [0.05, 0.1) is 29.2 Å². The van der Waals surface area contributed by atoms with E-state index in [-0.39, 0.29) is 0 Å². The molecule has 0 saturated carbocycles. The number of fused-ring (bicyclic) bond motifs is 2. The van der Waals surface area contributed by atoms with Crippen molar-refractivity contribution in [2.45, 2.75) is 13.5 Å². The summed E-state index contributed by atoms with van der Waals surface area (Å²) in [6.07, 6.45) is 1.76. The quantitative estimate of drug-likeness (QED) is 0.711. The van der Waals surface area contributed by atoms with E-state index in [1.54, 1.807) is 13.3 Å². The van der Waals surface area contributed by atoms with Crippen LogP contribution in [0.15, 0.2) is 24.4 Å². The fourth-order valence-electron chi connectivity index (χ4n) is 2.06. The van der Waals surface area contributed by atoms with Gasteiger partial charge in [-0.2, -0.15) is 5.10 Å². The molecule has 0 bridgehead atoms. The van der Waals surface area contributed by atoms with Crippen LogP contribution in [0.4, 0.5) is 0 Å². The molecule has 0 N–H and O–H groups in total. The number of halogens is 1. The second kappa shape index (κ2) is 4.14. The van der Waals surface area contributed by atoms with Gasteiger partial charge in [-0.3, -0.25) is 0 Å². The van der Waals surface area contributed by atoms with Crippen molar-refractivity contribution in [1.82, 2.24) is 14.8 Å². The lowest BCUT2D eigenvalue weighted by atomic mass is 10.2. The molecule has 0 radical (unpaired) electrons. The average Bonchev–Trinajstić information content (AvgIpc) is 2.82. The van der Waals surface area contributed by atoms with Crippen LogP contribution >= 0.6 is 11.6 Å². The summed E-state index contributed by atoms with van der Waals surface area (Å²) < 4.78 is 7.05. The van der Waals surface area contributed by atoms with Gasteiger partial charge in [0.2, 0.25) is 0 Å². The van der Waals surface area contributed by atoms with Crippen molar-refractivity contribution in [2.75, 3.05) is 7.11 Å². The highest BCUT2D eigenvalue weighted by Crippen LogP contribution is 2.32. The van der Waals surface area contributed by atoms with Crippen LogP contribution in [0.1, 0.15) is 6.92 Å². The van der Waals surface area contributed by atoms with Gasteiger partial charge in [0.1, 0.15) is 5.75 Å². The van der Waals surface area contributed by atoms with Gasteiger partial charge in [0.25, 0.3) is 0 Å². The van der Waals surface area contributed by atoms with Crippen molar-refractivity contribution in [3.05, 3.63) is 29.4 Å². The number of rotatable bonds is 2. The molecule has 0 aliphatic rings. The van der Waals surface area contributed by atoms with Crippen LogP contribution in [0.5, 0.6) is 5.75 Å². The number of aryl methyl sites for hydroxylation is 1. The van der Waals surface area contributed by atoms with E-state index >= 15 is 0 Å². The van der Waals surface area contributed by atoms with Gasteiger partial charge < -0.3 is 4.74 Å². The zero-order chi connectivity index (χ0) is 12.7. The van der Waals surface area contributed by atoms with Gasteiger partial charge in [-0.1, -0.05) is 11.6 Å². The standard InChI is InChI=1S/C13H12ClN3O/c1-3-17-13-10(7-15-17)12(14)9-6-8(18-2)4-5-11(9)16-13/h4-7H,3H2,1-2H3. The number of benzene rings is 1. The van der Waals surface area contributed by atoms with E-state index in [1.807, 2.05) is 29.8 Å². The first-order valence-corrected chi connectivity index (χ1v) is 6.11. The molecule has 4 nitrogen and oxygen atoms in total. The van der Waals surface area contributed by atoms with Crippen molar-refractivity contribution < 1.29 is 4.74 Å². The average molecular weight is 262 g/mol. The molecule has 18 heavy (non-hydrogen) atoms. The highest BCUT2D eigenvalue weighted by Gasteiger charge is 2.12. The molecule has 92 valence electrons. The summed E-state index contributed by atoms with van der Waals surface area (Å²) in [5.74, 6) is 0.772. The topological polar surface area (TPSA) is 39.9 Å². The van der Waals surface area contributed by atoms with Gasteiger partial charge in [0, 0.05) is 11.9 Å². The Morgan fingerprint density at radius 3 is 2.89 bits per heavy atom. The molecule has 2 aromatic heterocycles. The highest BCUT2D eigenvalue weighted by molar-refractivity contribution is 6.40. The van der Waals surface area contributed by atoms with E-state index in [1.165, 1.54) is 0 Å². The van der Waals surface area contributed by atoms with E-state index in [0.29, 0.717) is 5.02 Å². The summed E-state index contributed by atoms with van der Waals surface area (Å²) in [5, 5.41) is 6.72. The van der Waals surface area contributed by atoms with Crippen LogP contribution in [0.2, 0.25) is 5.02 Å². The lowest BCUT2D eigenvalue weighted by Crippen LogP contribution is -1.97. The first-order chi connectivity index (χ1) is 8.74. The number of hydrogen-bond donors (Lipinski definition) is 0. The van der Waals surface area contributed by atoms with Crippen molar-refractivity contribution >= 4 is 33.5 Å². The molecule has 0 atom stereocenters. The second-order valence-electron chi connectivity index (χ2n) is 4.01. The third kappa shape index (κ3) is 1.53. The summed E-state index contributed by atoms with van der Waals surface area (Å²) in [5.41, 5.74) is 1.67. The number of methoxy groups -OCH3 is 1. The van der Waals surface area contributed by atoms with Crippen LogP contribution < -0.4 is 4.74 Å². The van der Waals surface area contributed by atoms with Crippen molar-refractivity contribution in [3.63, 3.8) is 0 Å². The molecule has 0 unspecified atom stereocenters. The van der Waals surface area contributed by atoms with Crippen molar-refractivity contribution in [3.8, 4) is 5.75 Å². The normalized spacial score (nSPS) is 11.3. The van der Waals surface area contributed by atoms with Gasteiger partial charge in [-0.25, -0.2) is 9.67 Å². The first kappa shape index (κ1) is 11.3. The maximum absolute atomic E-state index is 6.42. The minimum atomic E-state index is 0.675. The van der Waals surface area contributed by atoms with Crippen LogP contribution in [0.3, 0.4) is 0 Å². The summed E-state index contributed by atoms with van der Waals surface area (Å²) in [6.45, 7) is 2.80. The Labute approximate surface area is 109 Å². The number of hydrogen-bond acceptors (Lipinski definition) is 3. The monoisotopic (exact) mass is 261 g/mol. The number of aromatic nitrogens is 3. The molecule has 0 fully saturated rings. The Bertz CT molecular complexity index is 736. The minimum absolute atomic E-state index is 0.675. The molecule has 3 rings (SSSR count). The molecule has 3 aromatic rings. The molecule has 0 saturated heterocycles. The lowest BCUT2D eigenvalue weighted by Gasteiger charge is -2.05. The molecule has 5 heteroatoms. The molecule has 2 heterocycles. The van der Waals surface area contributed by atoms with Crippen LogP contribution in [-0.4, -0.2) is 21.9 Å². The van der Waals surface area contributed by atoms with E-state index in [4.69, 9.17) is 16.3 Å². The Balaban J connectivity index is 2.42. The molecule has 0 aliphatic carbocycles. The zero-order valence-electron chi connectivity index (χ0n) is 10.1. The SMILES string of the molecule is CCn1ncc2c(Cl)c3cc(OC)ccc3nc21. The van der Waals surface area contributed by atoms with Crippen LogP contribution in [0.25, 0.3) is 21.9 Å². The van der Waals surface area contributed by atoms with E-state index in [9.17, 15) is 0 Å². The first-order valence-electron chi connectivity index (χ1n) is 5.73. The summed E-state index contributed by atoms with van der Waals surface area (Å²) >= 11 is 6.42. The molecule has 1 aromatic carbocycles. The third-order valence-electron chi connectivity index (χ3n) is 3.01. The summed E-state index contributed by atoms with van der Waals surface area (Å²) in [7, 11) is 1.64. The van der Waals surface area contributed by atoms with E-state index < -0.39 is 0 Å². The molecular formula is C13H12ClN3O. The molecular weight excluding hydrogens is 250 g/mol. The summed E-state index contributed by atoms with van der Waals surface area (Å²) in [6, 6.07) is 5.68. The number of pyridine rings is 1. The van der Waals surface area contributed by atoms with Gasteiger partial charge in [0.15, 0.2) is 5.65 Å². The number of ether oxygens (including phenoxy) is 1.